The molecule has 29 heavy (non-hydrogen) atoms. The van der Waals surface area contributed by atoms with Crippen molar-refractivity contribution in [3.63, 3.8) is 0 Å². The average molecular weight is 391 g/mol. The third-order valence-corrected chi connectivity index (χ3v) is 4.70. The highest BCUT2D eigenvalue weighted by molar-refractivity contribution is 5.83. The molecule has 0 spiro atoms. The van der Waals surface area contributed by atoms with Crippen LogP contribution >= 0.6 is 0 Å². The van der Waals surface area contributed by atoms with Crippen LogP contribution in [-0.2, 0) is 22.4 Å². The molecule has 2 N–H and O–H groups in total. The monoisotopic (exact) mass is 391 g/mol. The number of rotatable bonds is 10. The normalized spacial score (nSPS) is 10.6. The molecule has 150 valence electrons. The summed E-state index contributed by atoms with van der Waals surface area (Å²) in [6.07, 6.45) is 2.93. The second kappa shape index (κ2) is 10.3. The summed E-state index contributed by atoms with van der Waals surface area (Å²) in [6.45, 7) is 0.221. The zero-order valence-corrected chi connectivity index (χ0v) is 16.3. The number of amides is 1. The van der Waals surface area contributed by atoms with E-state index < -0.39 is 5.97 Å². The van der Waals surface area contributed by atoms with E-state index >= 15 is 0 Å². The van der Waals surface area contributed by atoms with Gasteiger partial charge >= 0.3 is 5.97 Å². The van der Waals surface area contributed by atoms with Crippen LogP contribution in [0.1, 0.15) is 24.0 Å². The molecule has 5 nitrogen and oxygen atoms in total. The molecule has 0 aliphatic heterocycles. The predicted molar refractivity (Wildman–Crippen MR) is 113 cm³/mol. The lowest BCUT2D eigenvalue weighted by Crippen LogP contribution is -2.25. The first-order valence-corrected chi connectivity index (χ1v) is 9.78. The number of benzene rings is 3. The van der Waals surface area contributed by atoms with Crippen molar-refractivity contribution in [3.05, 3.63) is 77.9 Å². The number of aliphatic carboxylic acids is 1. The van der Waals surface area contributed by atoms with E-state index in [0.29, 0.717) is 18.7 Å². The smallest absolute Gasteiger partial charge is 0.341 e. The van der Waals surface area contributed by atoms with Crippen molar-refractivity contribution in [1.29, 1.82) is 0 Å². The van der Waals surface area contributed by atoms with Gasteiger partial charge in [-0.05, 0) is 53.3 Å². The van der Waals surface area contributed by atoms with Crippen LogP contribution in [0.15, 0.2) is 66.7 Å². The molecule has 0 radical (unpaired) electrons. The highest BCUT2D eigenvalue weighted by Crippen LogP contribution is 2.17. The Hall–Kier alpha value is -3.34. The first kappa shape index (κ1) is 20.4. The van der Waals surface area contributed by atoms with E-state index in [1.165, 1.54) is 16.3 Å². The lowest BCUT2D eigenvalue weighted by molar-refractivity contribution is -0.139. The topological polar surface area (TPSA) is 75.6 Å². The Bertz CT molecular complexity index is 966. The highest BCUT2D eigenvalue weighted by atomic mass is 16.5. The Labute approximate surface area is 170 Å². The van der Waals surface area contributed by atoms with Crippen LogP contribution in [-0.4, -0.2) is 30.1 Å². The number of carbonyl (C=O) groups excluding carboxylic acids is 1. The number of carboxylic acids is 1. The second-order valence-corrected chi connectivity index (χ2v) is 6.96. The Balaban J connectivity index is 1.34. The van der Waals surface area contributed by atoms with Crippen LogP contribution in [0.4, 0.5) is 0 Å². The quantitative estimate of drug-likeness (QED) is 0.548. The Morgan fingerprint density at radius 1 is 0.862 bits per heavy atom. The largest absolute Gasteiger partial charge is 0.482 e. The average Bonchev–Trinajstić information content (AvgIpc) is 2.73. The van der Waals surface area contributed by atoms with Gasteiger partial charge < -0.3 is 15.2 Å². The molecule has 3 aromatic rings. The van der Waals surface area contributed by atoms with Crippen molar-refractivity contribution in [2.24, 2.45) is 0 Å². The van der Waals surface area contributed by atoms with Crippen LogP contribution in [0.3, 0.4) is 0 Å². The summed E-state index contributed by atoms with van der Waals surface area (Å²) in [6, 6.07) is 22.0. The lowest BCUT2D eigenvalue weighted by atomic mass is 10.0. The minimum absolute atomic E-state index is 0.0622. The van der Waals surface area contributed by atoms with Gasteiger partial charge in [0.25, 0.3) is 0 Å². The van der Waals surface area contributed by atoms with Crippen LogP contribution in [0.25, 0.3) is 10.8 Å². The molecule has 0 heterocycles. The summed E-state index contributed by atoms with van der Waals surface area (Å²) in [5.41, 5.74) is 2.31. The summed E-state index contributed by atoms with van der Waals surface area (Å²) in [5, 5.41) is 14.0. The second-order valence-electron chi connectivity index (χ2n) is 6.96. The lowest BCUT2D eigenvalue weighted by Gasteiger charge is -2.07. The molecule has 0 aliphatic rings. The maximum absolute atomic E-state index is 12.1. The van der Waals surface area contributed by atoms with Crippen molar-refractivity contribution in [3.8, 4) is 5.75 Å². The summed E-state index contributed by atoms with van der Waals surface area (Å²) in [7, 11) is 0. The van der Waals surface area contributed by atoms with E-state index in [4.69, 9.17) is 9.84 Å². The van der Waals surface area contributed by atoms with Gasteiger partial charge in [0.05, 0.1) is 0 Å². The minimum Gasteiger partial charge on any atom is -0.482 e. The number of fused-ring (bicyclic) bond motifs is 1. The third-order valence-electron chi connectivity index (χ3n) is 4.70. The van der Waals surface area contributed by atoms with E-state index in [1.54, 1.807) is 12.1 Å². The van der Waals surface area contributed by atoms with Gasteiger partial charge in [-0.1, -0.05) is 54.6 Å². The Kier molecular flexibility index (Phi) is 7.22. The molecule has 3 aromatic carbocycles. The number of aryl methyl sites for hydroxylation is 1. The third kappa shape index (κ3) is 6.64. The number of carboxylic acid groups (broad SMARTS) is 1. The van der Waals surface area contributed by atoms with Gasteiger partial charge in [-0.25, -0.2) is 4.79 Å². The molecule has 0 bridgehead atoms. The first-order valence-electron chi connectivity index (χ1n) is 9.78. The minimum atomic E-state index is -1.00. The van der Waals surface area contributed by atoms with E-state index in [1.807, 2.05) is 24.3 Å². The van der Waals surface area contributed by atoms with Crippen LogP contribution < -0.4 is 10.1 Å². The molecule has 0 saturated carbocycles. The van der Waals surface area contributed by atoms with Crippen molar-refractivity contribution in [2.75, 3.05) is 13.2 Å². The molecule has 0 saturated heterocycles. The van der Waals surface area contributed by atoms with Crippen LogP contribution in [0.2, 0.25) is 0 Å². The number of ether oxygens (including phenoxy) is 1. The Morgan fingerprint density at radius 2 is 1.59 bits per heavy atom. The van der Waals surface area contributed by atoms with Gasteiger partial charge in [-0.3, -0.25) is 4.79 Å². The maximum Gasteiger partial charge on any atom is 0.341 e. The van der Waals surface area contributed by atoms with Gasteiger partial charge in [0, 0.05) is 13.0 Å². The van der Waals surface area contributed by atoms with Crippen molar-refractivity contribution < 1.29 is 19.4 Å². The molecule has 5 heteroatoms. The molecule has 1 amide bonds. The molecule has 3 rings (SSSR count). The van der Waals surface area contributed by atoms with Gasteiger partial charge in [-0.15, -0.1) is 0 Å². The van der Waals surface area contributed by atoms with Crippen molar-refractivity contribution >= 4 is 22.6 Å². The molecular formula is C24H25NO4. The standard InChI is InChI=1S/C24H25NO4/c26-23(7-3-4-19-8-11-20-5-1-2-6-21(20)16-19)25-15-14-18-9-12-22(13-10-18)29-17-24(27)28/h1-2,5-6,8-13,16H,3-4,7,14-15,17H2,(H,25,26)(H,27,28). The van der Waals surface area contributed by atoms with E-state index in [2.05, 4.69) is 35.6 Å². The molecule has 0 fully saturated rings. The van der Waals surface area contributed by atoms with E-state index in [9.17, 15) is 9.59 Å². The molecule has 0 atom stereocenters. The summed E-state index contributed by atoms with van der Waals surface area (Å²) >= 11 is 0. The fourth-order valence-corrected chi connectivity index (χ4v) is 3.18. The fraction of sp³-hybridized carbons (Fsp3) is 0.250. The highest BCUT2D eigenvalue weighted by Gasteiger charge is 2.04. The van der Waals surface area contributed by atoms with Crippen molar-refractivity contribution in [2.45, 2.75) is 25.7 Å². The molecule has 0 unspecified atom stereocenters. The van der Waals surface area contributed by atoms with Gasteiger partial charge in [0.1, 0.15) is 5.75 Å². The van der Waals surface area contributed by atoms with E-state index in [-0.39, 0.29) is 12.5 Å². The first-order chi connectivity index (χ1) is 14.1. The van der Waals surface area contributed by atoms with Crippen LogP contribution in [0, 0.1) is 0 Å². The number of nitrogens with one attached hydrogen (secondary N) is 1. The van der Waals surface area contributed by atoms with Gasteiger partial charge in [0.15, 0.2) is 6.61 Å². The van der Waals surface area contributed by atoms with Gasteiger partial charge in [0.2, 0.25) is 5.91 Å². The molecule has 0 aliphatic carbocycles. The summed E-state index contributed by atoms with van der Waals surface area (Å²) in [4.78, 5) is 22.5. The molecular weight excluding hydrogens is 366 g/mol. The summed E-state index contributed by atoms with van der Waals surface area (Å²) in [5.74, 6) is -0.418. The SMILES string of the molecule is O=C(O)COc1ccc(CCNC(=O)CCCc2ccc3ccccc3c2)cc1. The zero-order chi connectivity index (χ0) is 20.5. The maximum atomic E-state index is 12.1. The summed E-state index contributed by atoms with van der Waals surface area (Å²) < 4.78 is 5.10. The fourth-order valence-electron chi connectivity index (χ4n) is 3.18. The van der Waals surface area contributed by atoms with Crippen molar-refractivity contribution in [1.82, 2.24) is 5.32 Å². The Morgan fingerprint density at radius 3 is 2.34 bits per heavy atom. The van der Waals surface area contributed by atoms with E-state index in [0.717, 1.165) is 24.8 Å². The van der Waals surface area contributed by atoms with Gasteiger partial charge in [-0.2, -0.15) is 0 Å². The number of hydrogen-bond donors (Lipinski definition) is 2. The van der Waals surface area contributed by atoms with Crippen LogP contribution in [0.5, 0.6) is 5.75 Å². The molecule has 0 aromatic heterocycles. The predicted octanol–water partition coefficient (Wildman–Crippen LogP) is 3.98. The number of hydrogen-bond acceptors (Lipinski definition) is 3. The zero-order valence-electron chi connectivity index (χ0n) is 16.3. The number of carbonyl (C=O) groups is 2.